The zero-order chi connectivity index (χ0) is 18.9. The van der Waals surface area contributed by atoms with Crippen LogP contribution in [0.4, 0.5) is 5.69 Å². The first-order valence-corrected chi connectivity index (χ1v) is 9.18. The molecule has 3 rings (SSSR count). The van der Waals surface area contributed by atoms with Crippen molar-refractivity contribution < 1.29 is 13.9 Å². The second-order valence-corrected chi connectivity index (χ2v) is 8.21. The maximum Gasteiger partial charge on any atom is 0.341 e. The van der Waals surface area contributed by atoms with E-state index in [1.165, 1.54) is 30.2 Å². The van der Waals surface area contributed by atoms with Gasteiger partial charge in [0, 0.05) is 0 Å². The topological polar surface area (TPSA) is 51.8 Å². The molecule has 0 atom stereocenters. The first kappa shape index (κ1) is 18.4. The Kier molecular flexibility index (Phi) is 4.78. The van der Waals surface area contributed by atoms with E-state index < -0.39 is 0 Å². The van der Waals surface area contributed by atoms with Crippen molar-refractivity contribution in [3.63, 3.8) is 0 Å². The molecule has 1 aromatic carbocycles. The Labute approximate surface area is 155 Å². The van der Waals surface area contributed by atoms with E-state index in [0.29, 0.717) is 17.9 Å². The number of ether oxygens (including phenoxy) is 1. The number of fused-ring (bicyclic) bond motifs is 1. The van der Waals surface area contributed by atoms with Gasteiger partial charge in [-0.3, -0.25) is 4.99 Å². The molecule has 4 nitrogen and oxygen atoms in total. The van der Waals surface area contributed by atoms with Crippen LogP contribution in [0.2, 0.25) is 0 Å². The van der Waals surface area contributed by atoms with Gasteiger partial charge < -0.3 is 9.15 Å². The number of benzene rings is 1. The number of nitrogens with zero attached hydrogens (tertiary/aromatic N) is 1. The van der Waals surface area contributed by atoms with Gasteiger partial charge in [0.05, 0.1) is 24.1 Å². The summed E-state index contributed by atoms with van der Waals surface area (Å²) in [5.74, 6) is 0.152. The molecule has 0 saturated carbocycles. The second kappa shape index (κ2) is 6.75. The Hall–Kier alpha value is -2.36. The number of furan rings is 1. The molecule has 1 aromatic heterocycles. The maximum atomic E-state index is 11.7. The number of esters is 1. The fourth-order valence-corrected chi connectivity index (χ4v) is 3.54. The van der Waals surface area contributed by atoms with Gasteiger partial charge in [-0.2, -0.15) is 0 Å². The predicted molar refractivity (Wildman–Crippen MR) is 104 cm³/mol. The molecular formula is C22H27NO3. The molecule has 0 saturated heterocycles. The molecular weight excluding hydrogens is 326 g/mol. The highest BCUT2D eigenvalue weighted by atomic mass is 16.5. The minimum absolute atomic E-state index is 0.151. The minimum Gasteiger partial charge on any atom is -0.462 e. The summed E-state index contributed by atoms with van der Waals surface area (Å²) >= 11 is 0. The summed E-state index contributed by atoms with van der Waals surface area (Å²) in [4.78, 5) is 16.2. The lowest BCUT2D eigenvalue weighted by Gasteiger charge is -2.41. The normalized spacial score (nSPS) is 17.9. The summed E-state index contributed by atoms with van der Waals surface area (Å²) in [6.07, 6.45) is 5.41. The van der Waals surface area contributed by atoms with Crippen molar-refractivity contribution in [1.82, 2.24) is 0 Å². The standard InChI is InChI=1S/C22H27NO3/c1-6-25-20(24)15-11-17(26-14-15)13-23-16-7-8-18-19(12-16)22(4,5)10-9-21(18,2)3/h7-8,11-14H,6,9-10H2,1-5H3. The molecule has 0 aliphatic heterocycles. The first-order valence-electron chi connectivity index (χ1n) is 9.18. The number of aliphatic imine (C=N–C) groups is 1. The average Bonchev–Trinajstić information content (AvgIpc) is 3.07. The van der Waals surface area contributed by atoms with Crippen molar-refractivity contribution in [1.29, 1.82) is 0 Å². The van der Waals surface area contributed by atoms with Crippen LogP contribution in [-0.2, 0) is 15.6 Å². The summed E-state index contributed by atoms with van der Waals surface area (Å²) in [7, 11) is 0. The van der Waals surface area contributed by atoms with Crippen LogP contribution < -0.4 is 0 Å². The lowest BCUT2D eigenvalue weighted by Crippen LogP contribution is -2.33. The van der Waals surface area contributed by atoms with E-state index in [1.54, 1.807) is 19.2 Å². The summed E-state index contributed by atoms with van der Waals surface area (Å²) in [6, 6.07) is 8.08. The molecule has 0 N–H and O–H groups in total. The Balaban J connectivity index is 1.85. The highest BCUT2D eigenvalue weighted by molar-refractivity contribution is 5.91. The van der Waals surface area contributed by atoms with Gasteiger partial charge in [0.25, 0.3) is 0 Å². The van der Waals surface area contributed by atoms with Gasteiger partial charge in [0.15, 0.2) is 0 Å². The molecule has 0 fully saturated rings. The van der Waals surface area contributed by atoms with Crippen molar-refractivity contribution in [3.8, 4) is 0 Å². The molecule has 0 amide bonds. The van der Waals surface area contributed by atoms with Crippen molar-refractivity contribution in [2.24, 2.45) is 4.99 Å². The maximum absolute atomic E-state index is 11.7. The summed E-state index contributed by atoms with van der Waals surface area (Å²) in [5, 5.41) is 0. The van der Waals surface area contributed by atoms with Crippen LogP contribution in [-0.4, -0.2) is 18.8 Å². The van der Waals surface area contributed by atoms with E-state index in [0.717, 1.165) is 5.69 Å². The van der Waals surface area contributed by atoms with Crippen molar-refractivity contribution in [3.05, 3.63) is 53.0 Å². The molecule has 0 unspecified atom stereocenters. The van der Waals surface area contributed by atoms with Gasteiger partial charge in [-0.25, -0.2) is 4.79 Å². The highest BCUT2D eigenvalue weighted by Gasteiger charge is 2.36. The quantitative estimate of drug-likeness (QED) is 0.534. The highest BCUT2D eigenvalue weighted by Crippen LogP contribution is 2.46. The van der Waals surface area contributed by atoms with E-state index in [2.05, 4.69) is 44.8 Å². The van der Waals surface area contributed by atoms with E-state index in [-0.39, 0.29) is 16.8 Å². The van der Waals surface area contributed by atoms with E-state index in [1.807, 2.05) is 6.07 Å². The van der Waals surface area contributed by atoms with E-state index in [9.17, 15) is 4.79 Å². The number of rotatable bonds is 4. The van der Waals surface area contributed by atoms with Crippen LogP contribution >= 0.6 is 0 Å². The van der Waals surface area contributed by atoms with Crippen molar-refractivity contribution in [2.45, 2.75) is 58.3 Å². The van der Waals surface area contributed by atoms with Crippen LogP contribution in [0.3, 0.4) is 0 Å². The van der Waals surface area contributed by atoms with Crippen LogP contribution in [0.15, 0.2) is 39.9 Å². The Morgan fingerprint density at radius 3 is 2.54 bits per heavy atom. The molecule has 0 spiro atoms. The number of carbonyl (C=O) groups excluding carboxylic acids is 1. The zero-order valence-electron chi connectivity index (χ0n) is 16.3. The van der Waals surface area contributed by atoms with Crippen LogP contribution in [0, 0.1) is 0 Å². The number of hydrogen-bond acceptors (Lipinski definition) is 4. The Morgan fingerprint density at radius 1 is 1.15 bits per heavy atom. The molecule has 1 aliphatic carbocycles. The van der Waals surface area contributed by atoms with Gasteiger partial charge in [0.1, 0.15) is 12.0 Å². The number of carbonyl (C=O) groups is 1. The monoisotopic (exact) mass is 353 g/mol. The average molecular weight is 353 g/mol. The number of hydrogen-bond donors (Lipinski definition) is 0. The van der Waals surface area contributed by atoms with Crippen LogP contribution in [0.1, 0.15) is 74.7 Å². The minimum atomic E-state index is -0.381. The first-order chi connectivity index (χ1) is 12.2. The zero-order valence-corrected chi connectivity index (χ0v) is 16.3. The fourth-order valence-electron chi connectivity index (χ4n) is 3.54. The van der Waals surface area contributed by atoms with Crippen LogP contribution in [0.25, 0.3) is 0 Å². The lowest BCUT2D eigenvalue weighted by atomic mass is 9.63. The third-order valence-corrected chi connectivity index (χ3v) is 5.31. The molecule has 26 heavy (non-hydrogen) atoms. The smallest absolute Gasteiger partial charge is 0.341 e. The van der Waals surface area contributed by atoms with Gasteiger partial charge >= 0.3 is 5.97 Å². The predicted octanol–water partition coefficient (Wildman–Crippen LogP) is 5.56. The van der Waals surface area contributed by atoms with Gasteiger partial charge in [0.2, 0.25) is 0 Å². The van der Waals surface area contributed by atoms with Crippen LogP contribution in [0.5, 0.6) is 0 Å². The third-order valence-electron chi connectivity index (χ3n) is 5.31. The molecule has 0 radical (unpaired) electrons. The van der Waals surface area contributed by atoms with Gasteiger partial charge in [-0.05, 0) is 59.9 Å². The SMILES string of the molecule is CCOC(=O)c1coc(C=Nc2ccc3c(c2)C(C)(C)CCC3(C)C)c1. The Bertz CT molecular complexity index is 843. The second-order valence-electron chi connectivity index (χ2n) is 8.21. The summed E-state index contributed by atoms with van der Waals surface area (Å²) in [5.41, 5.74) is 4.43. The van der Waals surface area contributed by atoms with E-state index in [4.69, 9.17) is 9.15 Å². The Morgan fingerprint density at radius 2 is 1.85 bits per heavy atom. The molecule has 138 valence electrons. The lowest BCUT2D eigenvalue weighted by molar-refractivity contribution is 0.0525. The largest absolute Gasteiger partial charge is 0.462 e. The summed E-state index contributed by atoms with van der Waals surface area (Å²) in [6.45, 7) is 11.3. The molecule has 1 aliphatic rings. The molecule has 0 bridgehead atoms. The van der Waals surface area contributed by atoms with Gasteiger partial charge in [-0.15, -0.1) is 0 Å². The summed E-state index contributed by atoms with van der Waals surface area (Å²) < 4.78 is 10.4. The molecule has 1 heterocycles. The van der Waals surface area contributed by atoms with Crippen molar-refractivity contribution >= 4 is 17.9 Å². The third kappa shape index (κ3) is 3.59. The van der Waals surface area contributed by atoms with Crippen molar-refractivity contribution in [2.75, 3.05) is 6.61 Å². The molecule has 2 aromatic rings. The van der Waals surface area contributed by atoms with Gasteiger partial charge in [-0.1, -0.05) is 33.8 Å². The fraction of sp³-hybridized carbons (Fsp3) is 0.455. The van der Waals surface area contributed by atoms with E-state index >= 15 is 0 Å². The molecule has 4 heteroatoms.